The Bertz CT molecular complexity index is 766. The number of aromatic nitrogens is 2. The zero-order valence-electron chi connectivity index (χ0n) is 11.0. The van der Waals surface area contributed by atoms with E-state index in [9.17, 15) is 21.6 Å². The van der Waals surface area contributed by atoms with E-state index < -0.39 is 32.4 Å². The van der Waals surface area contributed by atoms with Crippen LogP contribution in [0.5, 0.6) is 0 Å². The van der Waals surface area contributed by atoms with Gasteiger partial charge < -0.3 is 0 Å². The first-order valence-electron chi connectivity index (χ1n) is 5.69. The summed E-state index contributed by atoms with van der Waals surface area (Å²) in [5.41, 5.74) is 1.02. The molecular weight excluding hydrogens is 307 g/mol. The number of halogens is 3. The number of nitrogens with one attached hydrogen (secondary N) is 1. The second kappa shape index (κ2) is 5.32. The highest BCUT2D eigenvalue weighted by Crippen LogP contribution is 2.19. The van der Waals surface area contributed by atoms with Gasteiger partial charge >= 0.3 is 0 Å². The maximum Gasteiger partial charge on any atom is 0.264 e. The fourth-order valence-electron chi connectivity index (χ4n) is 1.64. The van der Waals surface area contributed by atoms with E-state index in [-0.39, 0.29) is 5.95 Å². The molecule has 112 valence electrons. The number of rotatable bonds is 3. The second-order valence-electron chi connectivity index (χ2n) is 4.28. The average molecular weight is 317 g/mol. The van der Waals surface area contributed by atoms with Crippen LogP contribution in [0.2, 0.25) is 0 Å². The minimum absolute atomic E-state index is 0.238. The van der Waals surface area contributed by atoms with Crippen LogP contribution in [0.15, 0.2) is 23.1 Å². The molecule has 0 amide bonds. The van der Waals surface area contributed by atoms with Crippen LogP contribution in [0.25, 0.3) is 0 Å². The van der Waals surface area contributed by atoms with E-state index in [1.165, 1.54) is 0 Å². The number of aryl methyl sites for hydroxylation is 2. The van der Waals surface area contributed by atoms with Crippen molar-refractivity contribution in [2.45, 2.75) is 18.7 Å². The number of hydrogen-bond acceptors (Lipinski definition) is 4. The van der Waals surface area contributed by atoms with Crippen molar-refractivity contribution in [3.63, 3.8) is 0 Å². The van der Waals surface area contributed by atoms with Gasteiger partial charge in [0.15, 0.2) is 17.5 Å². The lowest BCUT2D eigenvalue weighted by Crippen LogP contribution is -2.16. The van der Waals surface area contributed by atoms with Crippen LogP contribution in [0.1, 0.15) is 11.4 Å². The summed E-state index contributed by atoms with van der Waals surface area (Å²) in [4.78, 5) is 6.93. The highest BCUT2D eigenvalue weighted by Gasteiger charge is 2.21. The topological polar surface area (TPSA) is 72.0 Å². The Morgan fingerprint density at radius 2 is 1.43 bits per heavy atom. The molecule has 0 fully saturated rings. The van der Waals surface area contributed by atoms with Crippen LogP contribution in [0.4, 0.5) is 19.1 Å². The van der Waals surface area contributed by atoms with Crippen molar-refractivity contribution in [3.8, 4) is 0 Å². The molecule has 0 unspecified atom stereocenters. The van der Waals surface area contributed by atoms with Gasteiger partial charge in [0, 0.05) is 11.4 Å². The predicted molar refractivity (Wildman–Crippen MR) is 68.6 cm³/mol. The predicted octanol–water partition coefficient (Wildman–Crippen LogP) is 2.31. The zero-order valence-corrected chi connectivity index (χ0v) is 11.8. The van der Waals surface area contributed by atoms with E-state index in [1.807, 2.05) is 4.72 Å². The summed E-state index contributed by atoms with van der Waals surface area (Å²) in [7, 11) is -4.33. The van der Waals surface area contributed by atoms with Gasteiger partial charge in [0.25, 0.3) is 10.0 Å². The second-order valence-corrected chi connectivity index (χ2v) is 5.96. The van der Waals surface area contributed by atoms with Gasteiger partial charge in [-0.1, -0.05) is 0 Å². The molecule has 2 aromatic rings. The molecule has 0 radical (unpaired) electrons. The summed E-state index contributed by atoms with van der Waals surface area (Å²) < 4.78 is 65.0. The van der Waals surface area contributed by atoms with Crippen LogP contribution in [0.3, 0.4) is 0 Å². The molecule has 0 saturated carbocycles. The van der Waals surface area contributed by atoms with Crippen LogP contribution < -0.4 is 4.72 Å². The van der Waals surface area contributed by atoms with Gasteiger partial charge in [-0.3, -0.25) is 0 Å². The summed E-state index contributed by atoms with van der Waals surface area (Å²) >= 11 is 0. The summed E-state index contributed by atoms with van der Waals surface area (Å²) in [6, 6.07) is 2.38. The molecule has 0 saturated heterocycles. The summed E-state index contributed by atoms with van der Waals surface area (Å²) in [6.45, 7) is 3.26. The molecule has 0 spiro atoms. The number of nitrogens with zero attached hydrogens (tertiary/aromatic N) is 2. The normalized spacial score (nSPS) is 11.5. The third-order valence-corrected chi connectivity index (χ3v) is 3.78. The standard InChI is InChI=1S/C12H10F3N3O2S/c1-6-3-7(2)17-12(16-6)18-21(19,20)8-4-9(13)11(15)10(14)5-8/h3-5H,1-2H3,(H,16,17,18). The largest absolute Gasteiger partial charge is 0.264 e. The van der Waals surface area contributed by atoms with Gasteiger partial charge in [0.2, 0.25) is 5.95 Å². The SMILES string of the molecule is Cc1cc(C)nc(NS(=O)(=O)c2cc(F)c(F)c(F)c2)n1. The number of sulfonamides is 1. The molecule has 5 nitrogen and oxygen atoms in total. The monoisotopic (exact) mass is 317 g/mol. The lowest BCUT2D eigenvalue weighted by Gasteiger charge is -2.08. The van der Waals surface area contributed by atoms with Crippen molar-refractivity contribution >= 4 is 16.0 Å². The molecule has 1 heterocycles. The maximum atomic E-state index is 13.1. The third-order valence-electron chi connectivity index (χ3n) is 2.48. The highest BCUT2D eigenvalue weighted by atomic mass is 32.2. The Labute approximate surface area is 118 Å². The van der Waals surface area contributed by atoms with Crippen LogP contribution in [0, 0.1) is 31.3 Å². The van der Waals surface area contributed by atoms with Crippen LogP contribution in [-0.4, -0.2) is 18.4 Å². The Morgan fingerprint density at radius 1 is 0.952 bits per heavy atom. The first-order chi connectivity index (χ1) is 9.69. The Hall–Kier alpha value is -2.16. The van der Waals surface area contributed by atoms with Crippen molar-refractivity contribution in [1.82, 2.24) is 9.97 Å². The highest BCUT2D eigenvalue weighted by molar-refractivity contribution is 7.92. The van der Waals surface area contributed by atoms with E-state index in [4.69, 9.17) is 0 Å². The Morgan fingerprint density at radius 3 is 1.90 bits per heavy atom. The van der Waals surface area contributed by atoms with Gasteiger partial charge in [0.05, 0.1) is 4.90 Å². The minimum atomic E-state index is -4.33. The molecule has 0 aliphatic rings. The van der Waals surface area contributed by atoms with E-state index in [2.05, 4.69) is 9.97 Å². The van der Waals surface area contributed by atoms with Gasteiger partial charge in [-0.05, 0) is 32.0 Å². The molecule has 1 N–H and O–H groups in total. The number of anilines is 1. The molecule has 0 atom stereocenters. The van der Waals surface area contributed by atoms with Gasteiger partial charge in [-0.15, -0.1) is 0 Å². The van der Waals surface area contributed by atoms with E-state index >= 15 is 0 Å². The zero-order chi connectivity index (χ0) is 15.8. The molecule has 1 aromatic heterocycles. The molecule has 0 bridgehead atoms. The molecule has 0 aliphatic heterocycles. The first kappa shape index (κ1) is 15.2. The third kappa shape index (κ3) is 3.30. The fraction of sp³-hybridized carbons (Fsp3) is 0.167. The smallest absolute Gasteiger partial charge is 0.247 e. The van der Waals surface area contributed by atoms with Crippen molar-refractivity contribution in [2.24, 2.45) is 0 Å². The molecule has 0 aliphatic carbocycles. The van der Waals surface area contributed by atoms with E-state index in [0.717, 1.165) is 0 Å². The van der Waals surface area contributed by atoms with E-state index in [0.29, 0.717) is 23.5 Å². The first-order valence-corrected chi connectivity index (χ1v) is 7.17. The average Bonchev–Trinajstić information content (AvgIpc) is 2.33. The quantitative estimate of drug-likeness (QED) is 0.882. The summed E-state index contributed by atoms with van der Waals surface area (Å²) in [5.74, 6) is -5.18. The maximum absolute atomic E-state index is 13.1. The van der Waals surface area contributed by atoms with Crippen molar-refractivity contribution < 1.29 is 21.6 Å². The van der Waals surface area contributed by atoms with Crippen molar-refractivity contribution in [3.05, 3.63) is 47.0 Å². The summed E-state index contributed by atoms with van der Waals surface area (Å²) in [6.07, 6.45) is 0. The van der Waals surface area contributed by atoms with Crippen molar-refractivity contribution in [1.29, 1.82) is 0 Å². The van der Waals surface area contributed by atoms with Crippen LogP contribution >= 0.6 is 0 Å². The number of hydrogen-bond donors (Lipinski definition) is 1. The molecular formula is C12H10F3N3O2S. The van der Waals surface area contributed by atoms with Crippen LogP contribution in [-0.2, 0) is 10.0 Å². The lowest BCUT2D eigenvalue weighted by molar-refractivity contribution is 0.442. The lowest BCUT2D eigenvalue weighted by atomic mass is 10.3. The van der Waals surface area contributed by atoms with Crippen molar-refractivity contribution in [2.75, 3.05) is 4.72 Å². The molecule has 2 rings (SSSR count). The fourth-order valence-corrected chi connectivity index (χ4v) is 2.60. The molecule has 1 aromatic carbocycles. The summed E-state index contributed by atoms with van der Waals surface area (Å²) in [5, 5.41) is 0. The van der Waals surface area contributed by atoms with E-state index in [1.54, 1.807) is 19.9 Å². The van der Waals surface area contributed by atoms with Gasteiger partial charge in [-0.2, -0.15) is 0 Å². The molecule has 21 heavy (non-hydrogen) atoms. The molecule has 9 heteroatoms. The minimum Gasteiger partial charge on any atom is -0.247 e. The Kier molecular flexibility index (Phi) is 3.86. The van der Waals surface area contributed by atoms with Gasteiger partial charge in [0.1, 0.15) is 0 Å². The Balaban J connectivity index is 2.43. The van der Waals surface area contributed by atoms with Gasteiger partial charge in [-0.25, -0.2) is 36.3 Å². The number of benzene rings is 1.